The van der Waals surface area contributed by atoms with E-state index in [0.29, 0.717) is 12.5 Å². The lowest BCUT2D eigenvalue weighted by atomic mass is 10.1. The highest BCUT2D eigenvalue weighted by Crippen LogP contribution is 2.56. The maximum Gasteiger partial charge on any atom is 0.330 e. The number of ether oxygens (including phenoxy) is 1. The third-order valence-electron chi connectivity index (χ3n) is 2.74. The Morgan fingerprint density at radius 2 is 2.50 bits per heavy atom. The van der Waals surface area contributed by atoms with Gasteiger partial charge in [0.15, 0.2) is 0 Å². The monoisotopic (exact) mass is 212 g/mol. The molecule has 0 unspecified atom stereocenters. The van der Waals surface area contributed by atoms with E-state index < -0.39 is 0 Å². The molecular formula is C11H13ClO2. The third kappa shape index (κ3) is 1.85. The molecule has 0 amide bonds. The second-order valence-corrected chi connectivity index (χ2v) is 4.17. The summed E-state index contributed by atoms with van der Waals surface area (Å²) in [6.07, 6.45) is 5.52. The first-order chi connectivity index (χ1) is 6.72. The Kier molecular flexibility index (Phi) is 2.64. The Morgan fingerprint density at radius 3 is 3.07 bits per heavy atom. The smallest absolute Gasteiger partial charge is 0.330 e. The van der Waals surface area contributed by atoms with Crippen molar-refractivity contribution in [3.05, 3.63) is 22.8 Å². The molecule has 1 fully saturated rings. The van der Waals surface area contributed by atoms with Gasteiger partial charge < -0.3 is 4.74 Å². The van der Waals surface area contributed by atoms with E-state index in [0.717, 1.165) is 22.9 Å². The van der Waals surface area contributed by atoms with Gasteiger partial charge in [-0.1, -0.05) is 17.7 Å². The molecule has 2 aliphatic carbocycles. The zero-order valence-electron chi connectivity index (χ0n) is 8.13. The molecule has 0 aromatic carbocycles. The molecule has 3 heteroatoms. The van der Waals surface area contributed by atoms with Crippen molar-refractivity contribution in [3.63, 3.8) is 0 Å². The number of carbonyl (C=O) groups is 1. The number of allylic oxidation sites excluding steroid dienone is 3. The first-order valence-electron chi connectivity index (χ1n) is 4.95. The van der Waals surface area contributed by atoms with Gasteiger partial charge >= 0.3 is 5.97 Å². The summed E-state index contributed by atoms with van der Waals surface area (Å²) >= 11 is 6.11. The van der Waals surface area contributed by atoms with Crippen LogP contribution in [0.2, 0.25) is 0 Å². The standard InChI is InChI=1S/C11H13ClO2/c1-2-14-10(13)4-3-7-5-8-6-9(8)11(7)12/h3-4,8-9H,2,5-6H2,1H3/b4-3+/t8-,9+/m0/s1. The fourth-order valence-electron chi connectivity index (χ4n) is 1.91. The van der Waals surface area contributed by atoms with E-state index in [2.05, 4.69) is 0 Å². The summed E-state index contributed by atoms with van der Waals surface area (Å²) in [6.45, 7) is 2.21. The van der Waals surface area contributed by atoms with E-state index in [1.807, 2.05) is 0 Å². The SMILES string of the molecule is CCOC(=O)/C=C/C1=C(Cl)[C@@H]2C[C@@H]2C1. The summed E-state index contributed by atoms with van der Waals surface area (Å²) < 4.78 is 4.78. The number of carbonyl (C=O) groups excluding carboxylic acids is 1. The number of hydrogen-bond donors (Lipinski definition) is 0. The minimum atomic E-state index is -0.287. The quantitative estimate of drug-likeness (QED) is 0.531. The van der Waals surface area contributed by atoms with E-state index in [4.69, 9.17) is 16.3 Å². The lowest BCUT2D eigenvalue weighted by Gasteiger charge is -1.98. The number of esters is 1. The Morgan fingerprint density at radius 1 is 1.71 bits per heavy atom. The van der Waals surface area contributed by atoms with Crippen molar-refractivity contribution < 1.29 is 9.53 Å². The molecule has 14 heavy (non-hydrogen) atoms. The van der Waals surface area contributed by atoms with E-state index in [-0.39, 0.29) is 5.97 Å². The average molecular weight is 213 g/mol. The molecule has 0 radical (unpaired) electrons. The second-order valence-electron chi connectivity index (χ2n) is 3.76. The molecule has 2 rings (SSSR count). The highest BCUT2D eigenvalue weighted by atomic mass is 35.5. The van der Waals surface area contributed by atoms with Crippen molar-refractivity contribution in [2.24, 2.45) is 11.8 Å². The molecule has 2 aliphatic rings. The van der Waals surface area contributed by atoms with Gasteiger partial charge in [-0.2, -0.15) is 0 Å². The highest BCUT2D eigenvalue weighted by Gasteiger charge is 2.45. The fourth-order valence-corrected chi connectivity index (χ4v) is 2.32. The Balaban J connectivity index is 1.94. The third-order valence-corrected chi connectivity index (χ3v) is 3.27. The Bertz CT molecular complexity index is 317. The van der Waals surface area contributed by atoms with Crippen LogP contribution in [0.5, 0.6) is 0 Å². The summed E-state index contributed by atoms with van der Waals surface area (Å²) in [5.74, 6) is 1.06. The molecule has 0 saturated heterocycles. The molecule has 0 heterocycles. The largest absolute Gasteiger partial charge is 0.463 e. The Hall–Kier alpha value is -0.760. The Labute approximate surface area is 88.6 Å². The zero-order chi connectivity index (χ0) is 10.1. The van der Waals surface area contributed by atoms with Gasteiger partial charge in [-0.25, -0.2) is 4.79 Å². The average Bonchev–Trinajstić information content (AvgIpc) is 2.85. The maximum atomic E-state index is 11.0. The molecule has 2 atom stereocenters. The van der Waals surface area contributed by atoms with Crippen molar-refractivity contribution in [2.75, 3.05) is 6.61 Å². The van der Waals surface area contributed by atoms with E-state index in [1.54, 1.807) is 13.0 Å². The molecule has 0 aromatic rings. The predicted octanol–water partition coefficient (Wildman–Crippen LogP) is 2.64. The summed E-state index contributed by atoms with van der Waals surface area (Å²) in [6, 6.07) is 0. The zero-order valence-corrected chi connectivity index (χ0v) is 8.88. The van der Waals surface area contributed by atoms with Gasteiger partial charge in [0, 0.05) is 11.1 Å². The molecule has 0 spiro atoms. The molecule has 2 nitrogen and oxygen atoms in total. The van der Waals surface area contributed by atoms with Crippen molar-refractivity contribution in [2.45, 2.75) is 19.8 Å². The molecule has 1 saturated carbocycles. The van der Waals surface area contributed by atoms with Crippen LogP contribution in [0.15, 0.2) is 22.8 Å². The van der Waals surface area contributed by atoms with Crippen LogP contribution in [0.4, 0.5) is 0 Å². The van der Waals surface area contributed by atoms with Crippen LogP contribution in [0.1, 0.15) is 19.8 Å². The molecule has 0 N–H and O–H groups in total. The lowest BCUT2D eigenvalue weighted by molar-refractivity contribution is -0.137. The minimum absolute atomic E-state index is 0.287. The summed E-state index contributed by atoms with van der Waals surface area (Å²) in [4.78, 5) is 11.0. The van der Waals surface area contributed by atoms with Crippen LogP contribution in [-0.4, -0.2) is 12.6 Å². The van der Waals surface area contributed by atoms with Crippen LogP contribution in [0.25, 0.3) is 0 Å². The minimum Gasteiger partial charge on any atom is -0.463 e. The normalized spacial score (nSPS) is 29.6. The summed E-state index contributed by atoms with van der Waals surface area (Å²) in [5.41, 5.74) is 1.11. The van der Waals surface area contributed by atoms with Gasteiger partial charge in [0.1, 0.15) is 0 Å². The maximum absolute atomic E-state index is 11.0. The van der Waals surface area contributed by atoms with Crippen LogP contribution in [0, 0.1) is 11.8 Å². The van der Waals surface area contributed by atoms with Gasteiger partial charge in [-0.15, -0.1) is 0 Å². The van der Waals surface area contributed by atoms with Gasteiger partial charge in [-0.3, -0.25) is 0 Å². The van der Waals surface area contributed by atoms with Crippen LogP contribution in [0.3, 0.4) is 0 Å². The molecule has 0 bridgehead atoms. The van der Waals surface area contributed by atoms with Crippen molar-refractivity contribution in [3.8, 4) is 0 Å². The van der Waals surface area contributed by atoms with Crippen LogP contribution < -0.4 is 0 Å². The van der Waals surface area contributed by atoms with Crippen molar-refractivity contribution >= 4 is 17.6 Å². The fraction of sp³-hybridized carbons (Fsp3) is 0.545. The summed E-state index contributed by atoms with van der Waals surface area (Å²) in [5, 5.41) is 0.954. The van der Waals surface area contributed by atoms with E-state index >= 15 is 0 Å². The molecule has 0 aromatic heterocycles. The highest BCUT2D eigenvalue weighted by molar-refractivity contribution is 6.31. The van der Waals surface area contributed by atoms with Crippen molar-refractivity contribution in [1.82, 2.24) is 0 Å². The number of fused-ring (bicyclic) bond motifs is 1. The second kappa shape index (κ2) is 3.77. The van der Waals surface area contributed by atoms with E-state index in [9.17, 15) is 4.79 Å². The number of hydrogen-bond acceptors (Lipinski definition) is 2. The summed E-state index contributed by atoms with van der Waals surface area (Å²) in [7, 11) is 0. The first-order valence-corrected chi connectivity index (χ1v) is 5.33. The van der Waals surface area contributed by atoms with Gasteiger partial charge in [0.2, 0.25) is 0 Å². The van der Waals surface area contributed by atoms with Gasteiger partial charge in [0.25, 0.3) is 0 Å². The van der Waals surface area contributed by atoms with Crippen LogP contribution in [-0.2, 0) is 9.53 Å². The molecular weight excluding hydrogens is 200 g/mol. The molecule has 76 valence electrons. The lowest BCUT2D eigenvalue weighted by Crippen LogP contribution is -1.99. The topological polar surface area (TPSA) is 26.3 Å². The van der Waals surface area contributed by atoms with Gasteiger partial charge in [0.05, 0.1) is 6.61 Å². The number of halogens is 1. The van der Waals surface area contributed by atoms with E-state index in [1.165, 1.54) is 12.5 Å². The van der Waals surface area contributed by atoms with Gasteiger partial charge in [-0.05, 0) is 37.2 Å². The van der Waals surface area contributed by atoms with Crippen molar-refractivity contribution in [1.29, 1.82) is 0 Å². The van der Waals surface area contributed by atoms with Crippen LogP contribution >= 0.6 is 11.6 Å². The number of rotatable bonds is 3. The predicted molar refractivity (Wildman–Crippen MR) is 54.9 cm³/mol. The molecule has 0 aliphatic heterocycles. The first kappa shape index (κ1) is 9.78.